The number of hydrogen-bond acceptors (Lipinski definition) is 6. The van der Waals surface area contributed by atoms with Crippen LogP contribution in [0.2, 0.25) is 0 Å². The Bertz CT molecular complexity index is 142. The molecule has 0 aromatic heterocycles. The molecule has 0 spiro atoms. The van der Waals surface area contributed by atoms with Crippen LogP contribution in [-0.4, -0.2) is 34.4 Å². The zero-order chi connectivity index (χ0) is 8.31. The summed E-state index contributed by atoms with van der Waals surface area (Å²) < 4.78 is 0. The Kier molecular flexibility index (Phi) is 17.8. The molecule has 0 aliphatic carbocycles. The third-order valence-electron chi connectivity index (χ3n) is 0.782. The molecule has 0 radical (unpaired) electrons. The van der Waals surface area contributed by atoms with Crippen LogP contribution in [-0.2, 0) is 9.59 Å². The summed E-state index contributed by atoms with van der Waals surface area (Å²) in [6.45, 7) is 0. The summed E-state index contributed by atoms with van der Waals surface area (Å²) in [6.07, 6.45) is -4.88. The zero-order valence-electron chi connectivity index (χ0n) is 6.68. The molecule has 0 aromatic rings. The molecule has 0 aromatic carbocycles. The largest absolute Gasteiger partial charge is 1.00 e. The van der Waals surface area contributed by atoms with E-state index in [1.54, 1.807) is 0 Å². The van der Waals surface area contributed by atoms with Gasteiger partial charge in [0.25, 0.3) is 0 Å². The Hall–Kier alpha value is 2.96. The van der Waals surface area contributed by atoms with Gasteiger partial charge in [0.1, 0.15) is 12.2 Å². The SMILES string of the molecule is O=C([O-])C(O)C(O)C(=O)[O-].[Cs+].[Cs+]. The summed E-state index contributed by atoms with van der Waals surface area (Å²) in [5.74, 6) is -4.12. The third-order valence-corrected chi connectivity index (χ3v) is 0.782. The molecule has 0 saturated carbocycles. The van der Waals surface area contributed by atoms with Crippen LogP contribution < -0.4 is 148 Å². The number of aliphatic hydroxyl groups excluding tert-OH is 2. The zero-order valence-corrected chi connectivity index (χ0v) is 19.2. The fourth-order valence-corrected chi connectivity index (χ4v) is 0.258. The van der Waals surface area contributed by atoms with Crippen molar-refractivity contribution in [3.8, 4) is 0 Å². The standard InChI is InChI=1S/C4H6O6.2Cs/c5-1(3(7)8)2(6)4(9)10;;/h1-2,5-6H,(H,7,8)(H,9,10);;/q;2*+1/p-2. The second-order valence-corrected chi connectivity index (χ2v) is 1.53. The molecular weight excluding hydrogens is 410 g/mol. The summed E-state index contributed by atoms with van der Waals surface area (Å²) in [5, 5.41) is 35.7. The van der Waals surface area contributed by atoms with Gasteiger partial charge in [-0.1, -0.05) is 0 Å². The molecule has 0 fully saturated rings. The van der Waals surface area contributed by atoms with Crippen molar-refractivity contribution in [3.05, 3.63) is 0 Å². The summed E-state index contributed by atoms with van der Waals surface area (Å²) in [6, 6.07) is 0. The van der Waals surface area contributed by atoms with Crippen molar-refractivity contribution in [3.63, 3.8) is 0 Å². The van der Waals surface area contributed by atoms with Crippen molar-refractivity contribution >= 4 is 11.9 Å². The van der Waals surface area contributed by atoms with E-state index in [4.69, 9.17) is 10.2 Å². The summed E-state index contributed by atoms with van der Waals surface area (Å²) in [4.78, 5) is 19.3. The molecule has 2 unspecified atom stereocenters. The Morgan fingerprint density at radius 2 is 1.08 bits per heavy atom. The molecule has 0 aliphatic heterocycles. The Morgan fingerprint density at radius 1 is 0.917 bits per heavy atom. The fraction of sp³-hybridized carbons (Fsp3) is 0.500. The van der Waals surface area contributed by atoms with Gasteiger partial charge in [-0.25, -0.2) is 0 Å². The maximum Gasteiger partial charge on any atom is 1.00 e. The number of carbonyl (C=O) groups is 2. The number of aliphatic hydroxyl groups is 2. The van der Waals surface area contributed by atoms with Gasteiger partial charge in [0.2, 0.25) is 0 Å². The molecule has 0 heterocycles. The van der Waals surface area contributed by atoms with Gasteiger partial charge >= 0.3 is 138 Å². The van der Waals surface area contributed by atoms with Gasteiger partial charge < -0.3 is 30.0 Å². The average molecular weight is 414 g/mol. The number of carboxylic acid groups (broad SMARTS) is 2. The van der Waals surface area contributed by atoms with Gasteiger partial charge in [-0.15, -0.1) is 0 Å². The molecule has 58 valence electrons. The normalized spacial score (nSPS) is 13.2. The maximum atomic E-state index is 9.63. The number of carbonyl (C=O) groups excluding carboxylic acids is 2. The van der Waals surface area contributed by atoms with Crippen molar-refractivity contribution in [2.45, 2.75) is 12.2 Å². The van der Waals surface area contributed by atoms with Crippen molar-refractivity contribution in [2.75, 3.05) is 0 Å². The van der Waals surface area contributed by atoms with E-state index in [0.717, 1.165) is 0 Å². The number of hydrogen-bond donors (Lipinski definition) is 2. The molecule has 8 heteroatoms. The molecule has 0 amide bonds. The van der Waals surface area contributed by atoms with Gasteiger partial charge in [0.15, 0.2) is 0 Å². The van der Waals surface area contributed by atoms with Gasteiger partial charge in [-0.2, -0.15) is 0 Å². The van der Waals surface area contributed by atoms with Crippen LogP contribution in [0.15, 0.2) is 0 Å². The van der Waals surface area contributed by atoms with Crippen molar-refractivity contribution in [1.29, 1.82) is 0 Å². The summed E-state index contributed by atoms with van der Waals surface area (Å²) in [5.41, 5.74) is 0. The van der Waals surface area contributed by atoms with Crippen LogP contribution in [0.3, 0.4) is 0 Å². The molecule has 6 nitrogen and oxygen atoms in total. The molecule has 0 saturated heterocycles. The first kappa shape index (κ1) is 20.4. The fourth-order valence-electron chi connectivity index (χ4n) is 0.258. The Balaban J connectivity index is -0.000000405. The first-order valence-electron chi connectivity index (χ1n) is 2.24. The predicted molar refractivity (Wildman–Crippen MR) is 22.0 cm³/mol. The molecule has 2 N–H and O–H groups in total. The molecule has 2 atom stereocenters. The van der Waals surface area contributed by atoms with E-state index in [1.807, 2.05) is 0 Å². The molecule has 12 heavy (non-hydrogen) atoms. The minimum absolute atomic E-state index is 0. The molecule has 0 bridgehead atoms. The average Bonchev–Trinajstić information content (AvgIpc) is 1.84. The van der Waals surface area contributed by atoms with Crippen molar-refractivity contribution < 1.29 is 168 Å². The summed E-state index contributed by atoms with van der Waals surface area (Å²) in [7, 11) is 0. The monoisotopic (exact) mass is 414 g/mol. The molecular formula is C4H4Cs2O6. The van der Waals surface area contributed by atoms with Crippen LogP contribution in [0.1, 0.15) is 0 Å². The minimum Gasteiger partial charge on any atom is -0.547 e. The van der Waals surface area contributed by atoms with Gasteiger partial charge in [0, 0.05) is 0 Å². The van der Waals surface area contributed by atoms with E-state index in [-0.39, 0.29) is 138 Å². The first-order chi connectivity index (χ1) is 4.46. The van der Waals surface area contributed by atoms with E-state index < -0.39 is 24.1 Å². The van der Waals surface area contributed by atoms with Crippen molar-refractivity contribution in [1.82, 2.24) is 0 Å². The molecule has 0 rings (SSSR count). The van der Waals surface area contributed by atoms with Crippen LogP contribution in [0.25, 0.3) is 0 Å². The predicted octanol–water partition coefficient (Wildman–Crippen LogP) is -10.8. The number of rotatable bonds is 3. The quantitative estimate of drug-likeness (QED) is 0.474. The van der Waals surface area contributed by atoms with Gasteiger partial charge in [-0.3, -0.25) is 0 Å². The van der Waals surface area contributed by atoms with Crippen LogP contribution in [0.4, 0.5) is 0 Å². The topological polar surface area (TPSA) is 121 Å². The van der Waals surface area contributed by atoms with E-state index in [0.29, 0.717) is 0 Å². The second kappa shape index (κ2) is 10.5. The molecule has 0 aliphatic rings. The van der Waals surface area contributed by atoms with Crippen molar-refractivity contribution in [2.24, 2.45) is 0 Å². The summed E-state index contributed by atoms with van der Waals surface area (Å²) >= 11 is 0. The van der Waals surface area contributed by atoms with E-state index in [2.05, 4.69) is 0 Å². The second-order valence-electron chi connectivity index (χ2n) is 1.53. The Labute approximate surface area is 186 Å². The van der Waals surface area contributed by atoms with Gasteiger partial charge in [0.05, 0.1) is 11.9 Å². The van der Waals surface area contributed by atoms with Crippen LogP contribution >= 0.6 is 0 Å². The number of aliphatic carboxylic acids is 2. The Morgan fingerprint density at radius 3 is 1.17 bits per heavy atom. The van der Waals surface area contributed by atoms with Crippen LogP contribution in [0.5, 0.6) is 0 Å². The third kappa shape index (κ3) is 8.29. The maximum absolute atomic E-state index is 9.63. The minimum atomic E-state index is -2.44. The van der Waals surface area contributed by atoms with E-state index >= 15 is 0 Å². The smallest absolute Gasteiger partial charge is 0.547 e. The number of carboxylic acids is 2. The van der Waals surface area contributed by atoms with Crippen LogP contribution in [0, 0.1) is 0 Å². The van der Waals surface area contributed by atoms with Gasteiger partial charge in [-0.05, 0) is 0 Å². The first-order valence-corrected chi connectivity index (χ1v) is 2.24. The van der Waals surface area contributed by atoms with E-state index in [1.165, 1.54) is 0 Å². The van der Waals surface area contributed by atoms with E-state index in [9.17, 15) is 19.8 Å².